The van der Waals surface area contributed by atoms with E-state index in [1.165, 1.54) is 0 Å². The molecule has 2 nitrogen and oxygen atoms in total. The average molecular weight is 113 g/mol. The highest BCUT2D eigenvalue weighted by Gasteiger charge is 2.20. The fourth-order valence-corrected chi connectivity index (χ4v) is 0.871. The van der Waals surface area contributed by atoms with Crippen LogP contribution in [0.3, 0.4) is 0 Å². The van der Waals surface area contributed by atoms with Gasteiger partial charge in [-0.3, -0.25) is 0 Å². The summed E-state index contributed by atoms with van der Waals surface area (Å²) in [5, 5.41) is 0. The van der Waals surface area contributed by atoms with Gasteiger partial charge in [0.1, 0.15) is 0 Å². The van der Waals surface area contributed by atoms with Gasteiger partial charge in [-0.25, -0.2) is 0 Å². The number of rotatable bonds is 1. The highest BCUT2D eigenvalue weighted by molar-refractivity contribution is 4.91. The normalized spacial score (nSPS) is 37.6. The Morgan fingerprint density at radius 1 is 1.75 bits per heavy atom. The van der Waals surface area contributed by atoms with E-state index in [9.17, 15) is 0 Å². The van der Waals surface area contributed by atoms with Crippen molar-refractivity contribution in [1.29, 1.82) is 0 Å². The minimum absolute atomic E-state index is 0.106. The first-order chi connectivity index (χ1) is 3.84. The standard InChI is InChI=1S/C6H11NO/c1-2-6-5(7)3-4-8-6/h2,5-6H,1,3-4,7H2/t5-,6+/m0/s1. The third-order valence-electron chi connectivity index (χ3n) is 1.42. The van der Waals surface area contributed by atoms with Crippen LogP contribution in [0.4, 0.5) is 0 Å². The molecule has 0 radical (unpaired) electrons. The maximum atomic E-state index is 5.59. The van der Waals surface area contributed by atoms with Gasteiger partial charge in [-0.2, -0.15) is 0 Å². The molecule has 0 bridgehead atoms. The molecule has 2 atom stereocenters. The second-order valence-electron chi connectivity index (χ2n) is 2.02. The Kier molecular flexibility index (Phi) is 1.65. The van der Waals surface area contributed by atoms with Crippen LogP contribution in [0.15, 0.2) is 12.7 Å². The molecule has 46 valence electrons. The van der Waals surface area contributed by atoms with E-state index in [2.05, 4.69) is 6.58 Å². The van der Waals surface area contributed by atoms with Gasteiger partial charge in [0.25, 0.3) is 0 Å². The summed E-state index contributed by atoms with van der Waals surface area (Å²) in [5.41, 5.74) is 5.59. The molecule has 1 saturated heterocycles. The molecular weight excluding hydrogens is 102 g/mol. The minimum atomic E-state index is 0.106. The monoisotopic (exact) mass is 113 g/mol. The zero-order valence-corrected chi connectivity index (χ0v) is 4.84. The van der Waals surface area contributed by atoms with Crippen molar-refractivity contribution in [3.8, 4) is 0 Å². The molecule has 0 aromatic carbocycles. The van der Waals surface area contributed by atoms with E-state index in [1.54, 1.807) is 6.08 Å². The Labute approximate surface area is 49.3 Å². The lowest BCUT2D eigenvalue weighted by atomic mass is 10.1. The highest BCUT2D eigenvalue weighted by Crippen LogP contribution is 2.10. The Morgan fingerprint density at radius 3 is 2.75 bits per heavy atom. The Hall–Kier alpha value is -0.340. The minimum Gasteiger partial charge on any atom is -0.372 e. The van der Waals surface area contributed by atoms with Crippen LogP contribution in [0.25, 0.3) is 0 Å². The van der Waals surface area contributed by atoms with E-state index in [0.717, 1.165) is 13.0 Å². The van der Waals surface area contributed by atoms with E-state index >= 15 is 0 Å². The smallest absolute Gasteiger partial charge is 0.0904 e. The van der Waals surface area contributed by atoms with Crippen LogP contribution < -0.4 is 5.73 Å². The molecule has 2 heteroatoms. The topological polar surface area (TPSA) is 35.2 Å². The summed E-state index contributed by atoms with van der Waals surface area (Å²) in [6, 6.07) is 0.187. The van der Waals surface area contributed by atoms with Crippen LogP contribution >= 0.6 is 0 Å². The molecule has 0 spiro atoms. The maximum Gasteiger partial charge on any atom is 0.0904 e. The van der Waals surface area contributed by atoms with Crippen molar-refractivity contribution < 1.29 is 4.74 Å². The predicted molar refractivity (Wildman–Crippen MR) is 32.5 cm³/mol. The summed E-state index contributed by atoms with van der Waals surface area (Å²) in [6.07, 6.45) is 2.84. The fraction of sp³-hybridized carbons (Fsp3) is 0.667. The van der Waals surface area contributed by atoms with Gasteiger partial charge in [-0.15, -0.1) is 6.58 Å². The largest absolute Gasteiger partial charge is 0.372 e. The van der Waals surface area contributed by atoms with E-state index in [0.29, 0.717) is 0 Å². The SMILES string of the molecule is C=C[C@H]1OCC[C@@H]1N. The number of nitrogens with two attached hydrogens (primary N) is 1. The van der Waals surface area contributed by atoms with Crippen molar-refractivity contribution in [3.63, 3.8) is 0 Å². The van der Waals surface area contributed by atoms with Crippen LogP contribution in [-0.4, -0.2) is 18.8 Å². The lowest BCUT2D eigenvalue weighted by Crippen LogP contribution is -2.27. The molecule has 1 aliphatic rings. The van der Waals surface area contributed by atoms with Gasteiger partial charge in [-0.1, -0.05) is 6.08 Å². The third-order valence-corrected chi connectivity index (χ3v) is 1.42. The molecule has 0 aliphatic carbocycles. The van der Waals surface area contributed by atoms with Crippen LogP contribution in [0.1, 0.15) is 6.42 Å². The maximum absolute atomic E-state index is 5.59. The molecular formula is C6H11NO. The zero-order chi connectivity index (χ0) is 5.98. The fourth-order valence-electron chi connectivity index (χ4n) is 0.871. The summed E-state index contributed by atoms with van der Waals surface area (Å²) in [6.45, 7) is 4.38. The quantitative estimate of drug-likeness (QED) is 0.496. The van der Waals surface area contributed by atoms with Crippen LogP contribution in [0.2, 0.25) is 0 Å². The summed E-state index contributed by atoms with van der Waals surface area (Å²) < 4.78 is 5.17. The van der Waals surface area contributed by atoms with Crippen molar-refractivity contribution in [1.82, 2.24) is 0 Å². The van der Waals surface area contributed by atoms with Gasteiger partial charge < -0.3 is 10.5 Å². The Morgan fingerprint density at radius 2 is 2.50 bits per heavy atom. The summed E-state index contributed by atoms with van der Waals surface area (Å²) in [4.78, 5) is 0. The molecule has 2 N–H and O–H groups in total. The van der Waals surface area contributed by atoms with Crippen LogP contribution in [-0.2, 0) is 4.74 Å². The van der Waals surface area contributed by atoms with Gasteiger partial charge in [0, 0.05) is 12.6 Å². The van der Waals surface area contributed by atoms with Gasteiger partial charge in [-0.05, 0) is 6.42 Å². The molecule has 1 heterocycles. The number of ether oxygens (including phenoxy) is 1. The van der Waals surface area contributed by atoms with Gasteiger partial charge in [0.2, 0.25) is 0 Å². The summed E-state index contributed by atoms with van der Waals surface area (Å²) >= 11 is 0. The van der Waals surface area contributed by atoms with Crippen molar-refractivity contribution in [3.05, 3.63) is 12.7 Å². The third kappa shape index (κ3) is 0.904. The predicted octanol–water partition coefficient (Wildman–Crippen LogP) is 0.289. The second-order valence-corrected chi connectivity index (χ2v) is 2.02. The number of hydrogen-bond donors (Lipinski definition) is 1. The molecule has 0 aromatic rings. The van der Waals surface area contributed by atoms with Crippen molar-refractivity contribution in [2.24, 2.45) is 5.73 Å². The van der Waals surface area contributed by atoms with E-state index in [4.69, 9.17) is 10.5 Å². The van der Waals surface area contributed by atoms with Crippen LogP contribution in [0.5, 0.6) is 0 Å². The first-order valence-electron chi connectivity index (χ1n) is 2.84. The summed E-state index contributed by atoms with van der Waals surface area (Å²) in [5.74, 6) is 0. The van der Waals surface area contributed by atoms with Crippen molar-refractivity contribution >= 4 is 0 Å². The average Bonchev–Trinajstić information content (AvgIpc) is 2.14. The molecule has 1 aliphatic heterocycles. The summed E-state index contributed by atoms with van der Waals surface area (Å²) in [7, 11) is 0. The van der Waals surface area contributed by atoms with Gasteiger partial charge in [0.15, 0.2) is 0 Å². The molecule has 1 fully saturated rings. The Bertz CT molecular complexity index is 92.5. The van der Waals surface area contributed by atoms with E-state index in [-0.39, 0.29) is 12.1 Å². The molecule has 0 amide bonds. The molecule has 0 unspecified atom stereocenters. The first kappa shape index (κ1) is 5.79. The Balaban J connectivity index is 2.41. The first-order valence-corrected chi connectivity index (χ1v) is 2.84. The second kappa shape index (κ2) is 2.29. The zero-order valence-electron chi connectivity index (χ0n) is 4.84. The van der Waals surface area contributed by atoms with Gasteiger partial charge >= 0.3 is 0 Å². The lowest BCUT2D eigenvalue weighted by molar-refractivity contribution is 0.140. The number of hydrogen-bond acceptors (Lipinski definition) is 2. The molecule has 8 heavy (non-hydrogen) atoms. The molecule has 0 aromatic heterocycles. The molecule has 1 rings (SSSR count). The van der Waals surface area contributed by atoms with Crippen LogP contribution in [0, 0.1) is 0 Å². The lowest BCUT2D eigenvalue weighted by Gasteiger charge is -2.06. The van der Waals surface area contributed by atoms with Gasteiger partial charge in [0.05, 0.1) is 6.10 Å². The van der Waals surface area contributed by atoms with Crippen molar-refractivity contribution in [2.75, 3.05) is 6.61 Å². The van der Waals surface area contributed by atoms with E-state index in [1.807, 2.05) is 0 Å². The van der Waals surface area contributed by atoms with E-state index < -0.39 is 0 Å². The molecule has 0 saturated carbocycles. The van der Waals surface area contributed by atoms with Crippen molar-refractivity contribution in [2.45, 2.75) is 18.6 Å². The highest BCUT2D eigenvalue weighted by atomic mass is 16.5.